The smallest absolute Gasteiger partial charge is 0.339 e. The molecule has 0 saturated heterocycles. The predicted molar refractivity (Wildman–Crippen MR) is 75.6 cm³/mol. The molecule has 0 heterocycles. The highest BCUT2D eigenvalue weighted by Gasteiger charge is 2.16. The summed E-state index contributed by atoms with van der Waals surface area (Å²) in [5.74, 6) is -0.475. The first-order chi connectivity index (χ1) is 8.31. The van der Waals surface area contributed by atoms with E-state index in [9.17, 15) is 9.59 Å². The Kier molecular flexibility index (Phi) is 5.15. The maximum absolute atomic E-state index is 11.8. The van der Waals surface area contributed by atoms with Crippen molar-refractivity contribution in [3.8, 4) is 0 Å². The monoisotopic (exact) mass is 378 g/mol. The number of anilines is 1. The molecule has 0 aliphatic rings. The van der Waals surface area contributed by atoms with Crippen LogP contribution in [-0.2, 0) is 4.74 Å². The first-order valence-corrected chi connectivity index (χ1v) is 6.66. The molecule has 0 saturated carbocycles. The van der Waals surface area contributed by atoms with Crippen LogP contribution in [0.5, 0.6) is 0 Å². The number of esters is 1. The van der Waals surface area contributed by atoms with Crippen molar-refractivity contribution < 1.29 is 14.3 Å². The van der Waals surface area contributed by atoms with E-state index in [0.717, 1.165) is 0 Å². The highest BCUT2D eigenvalue weighted by molar-refractivity contribution is 9.11. The van der Waals surface area contributed by atoms with Crippen LogP contribution in [0.1, 0.15) is 24.2 Å². The van der Waals surface area contributed by atoms with Crippen LogP contribution in [-0.4, -0.2) is 18.1 Å². The zero-order valence-electron chi connectivity index (χ0n) is 9.79. The molecular formula is C11H12Br2N2O3. The molecule has 1 aromatic rings. The van der Waals surface area contributed by atoms with Gasteiger partial charge < -0.3 is 15.8 Å². The Balaban J connectivity index is 3.12. The number of carbonyl (C=O) groups is 2. The number of amides is 2. The molecular weight excluding hydrogens is 368 g/mol. The second kappa shape index (κ2) is 6.19. The molecule has 98 valence electrons. The number of hydrogen-bond donors (Lipinski definition) is 2. The van der Waals surface area contributed by atoms with E-state index in [4.69, 9.17) is 10.5 Å². The molecule has 0 aliphatic carbocycles. The Hall–Kier alpha value is -1.08. The standard InChI is InChI=1S/C11H12Br2N2O3/c1-5(2)18-10(16)6-3-9(15-11(14)17)8(13)4-7(6)12/h3-5H,1-2H3,(H3,14,15,17). The first-order valence-electron chi connectivity index (χ1n) is 5.07. The van der Waals surface area contributed by atoms with Gasteiger partial charge in [0, 0.05) is 8.95 Å². The summed E-state index contributed by atoms with van der Waals surface area (Å²) in [5.41, 5.74) is 5.76. The van der Waals surface area contributed by atoms with Gasteiger partial charge in [-0.3, -0.25) is 0 Å². The molecule has 18 heavy (non-hydrogen) atoms. The van der Waals surface area contributed by atoms with Gasteiger partial charge in [-0.2, -0.15) is 0 Å². The van der Waals surface area contributed by atoms with Gasteiger partial charge in [0.2, 0.25) is 0 Å². The van der Waals surface area contributed by atoms with Gasteiger partial charge in [-0.25, -0.2) is 9.59 Å². The number of hydrogen-bond acceptors (Lipinski definition) is 3. The van der Waals surface area contributed by atoms with Crippen molar-refractivity contribution in [2.45, 2.75) is 20.0 Å². The van der Waals surface area contributed by atoms with E-state index < -0.39 is 12.0 Å². The third-order valence-electron chi connectivity index (χ3n) is 1.88. The Morgan fingerprint density at radius 3 is 2.39 bits per heavy atom. The Labute approximate surface area is 121 Å². The van der Waals surface area contributed by atoms with E-state index in [1.807, 2.05) is 0 Å². The van der Waals surface area contributed by atoms with Crippen molar-refractivity contribution in [3.63, 3.8) is 0 Å². The fourth-order valence-corrected chi connectivity index (χ4v) is 2.47. The Morgan fingerprint density at radius 2 is 1.89 bits per heavy atom. The molecule has 0 bridgehead atoms. The number of nitrogens with one attached hydrogen (secondary N) is 1. The van der Waals surface area contributed by atoms with E-state index in [-0.39, 0.29) is 6.10 Å². The van der Waals surface area contributed by atoms with Crippen LogP contribution in [0.4, 0.5) is 10.5 Å². The molecule has 5 nitrogen and oxygen atoms in total. The molecule has 0 spiro atoms. The van der Waals surface area contributed by atoms with Crippen LogP contribution in [0.3, 0.4) is 0 Å². The first kappa shape index (κ1) is 15.0. The number of halogens is 2. The molecule has 7 heteroatoms. The van der Waals surface area contributed by atoms with Gasteiger partial charge in [0.1, 0.15) is 0 Å². The van der Waals surface area contributed by atoms with Crippen molar-refractivity contribution in [1.82, 2.24) is 0 Å². The average Bonchev–Trinajstić information content (AvgIpc) is 2.20. The number of primary amides is 1. The van der Waals surface area contributed by atoms with Gasteiger partial charge in [0.25, 0.3) is 0 Å². The lowest BCUT2D eigenvalue weighted by atomic mass is 10.2. The maximum Gasteiger partial charge on any atom is 0.339 e. The van der Waals surface area contributed by atoms with Crippen LogP contribution in [0, 0.1) is 0 Å². The van der Waals surface area contributed by atoms with Crippen LogP contribution in [0.25, 0.3) is 0 Å². The number of ether oxygens (including phenoxy) is 1. The lowest BCUT2D eigenvalue weighted by Crippen LogP contribution is -2.20. The molecule has 1 rings (SSSR count). The zero-order valence-corrected chi connectivity index (χ0v) is 13.0. The number of benzene rings is 1. The highest BCUT2D eigenvalue weighted by atomic mass is 79.9. The van der Waals surface area contributed by atoms with Crippen LogP contribution in [0.2, 0.25) is 0 Å². The predicted octanol–water partition coefficient (Wildman–Crippen LogP) is 3.27. The quantitative estimate of drug-likeness (QED) is 0.790. The largest absolute Gasteiger partial charge is 0.459 e. The van der Waals surface area contributed by atoms with Crippen LogP contribution < -0.4 is 11.1 Å². The summed E-state index contributed by atoms with van der Waals surface area (Å²) >= 11 is 6.52. The SMILES string of the molecule is CC(C)OC(=O)c1cc(NC(N)=O)c(Br)cc1Br. The minimum atomic E-state index is -0.707. The number of urea groups is 1. The van der Waals surface area contributed by atoms with Crippen molar-refractivity contribution in [2.24, 2.45) is 5.73 Å². The summed E-state index contributed by atoms with van der Waals surface area (Å²) < 4.78 is 6.26. The maximum atomic E-state index is 11.8. The van der Waals surface area contributed by atoms with Crippen molar-refractivity contribution >= 4 is 49.5 Å². The molecule has 2 amide bonds. The molecule has 0 atom stereocenters. The molecule has 0 radical (unpaired) electrons. The fraction of sp³-hybridized carbons (Fsp3) is 0.273. The third-order valence-corrected chi connectivity index (χ3v) is 3.19. The third kappa shape index (κ3) is 3.99. The molecule has 0 unspecified atom stereocenters. The van der Waals surface area contributed by atoms with Crippen molar-refractivity contribution in [3.05, 3.63) is 26.6 Å². The van der Waals surface area contributed by atoms with E-state index in [1.54, 1.807) is 19.9 Å². The highest BCUT2D eigenvalue weighted by Crippen LogP contribution is 2.30. The molecule has 0 aliphatic heterocycles. The van der Waals surface area contributed by atoms with Gasteiger partial charge in [-0.15, -0.1) is 0 Å². The summed E-state index contributed by atoms with van der Waals surface area (Å²) in [5, 5.41) is 2.41. The van der Waals surface area contributed by atoms with Gasteiger partial charge in [0.05, 0.1) is 17.4 Å². The van der Waals surface area contributed by atoms with Crippen molar-refractivity contribution in [1.29, 1.82) is 0 Å². The second-order valence-electron chi connectivity index (χ2n) is 3.76. The second-order valence-corrected chi connectivity index (χ2v) is 5.46. The summed E-state index contributed by atoms with van der Waals surface area (Å²) in [4.78, 5) is 22.6. The van der Waals surface area contributed by atoms with Gasteiger partial charge in [-0.05, 0) is 57.8 Å². The molecule has 0 aromatic heterocycles. The number of carbonyl (C=O) groups excluding carboxylic acids is 2. The Bertz CT molecular complexity index is 489. The van der Waals surface area contributed by atoms with E-state index in [0.29, 0.717) is 20.2 Å². The zero-order chi connectivity index (χ0) is 13.9. The minimum absolute atomic E-state index is 0.222. The van der Waals surface area contributed by atoms with E-state index in [1.165, 1.54) is 6.07 Å². The topological polar surface area (TPSA) is 81.4 Å². The number of rotatable bonds is 3. The van der Waals surface area contributed by atoms with Crippen molar-refractivity contribution in [2.75, 3.05) is 5.32 Å². The molecule has 1 aromatic carbocycles. The van der Waals surface area contributed by atoms with Crippen LogP contribution in [0.15, 0.2) is 21.1 Å². The summed E-state index contributed by atoms with van der Waals surface area (Å²) in [6.45, 7) is 3.51. The average molecular weight is 380 g/mol. The van der Waals surface area contributed by atoms with Gasteiger partial charge >= 0.3 is 12.0 Å². The molecule has 0 fully saturated rings. The van der Waals surface area contributed by atoms with Gasteiger partial charge in [0.15, 0.2) is 0 Å². The lowest BCUT2D eigenvalue weighted by Gasteiger charge is -2.12. The normalized spacial score (nSPS) is 10.3. The Morgan fingerprint density at radius 1 is 1.28 bits per heavy atom. The summed E-state index contributed by atoms with van der Waals surface area (Å²) in [7, 11) is 0. The molecule has 3 N–H and O–H groups in total. The lowest BCUT2D eigenvalue weighted by molar-refractivity contribution is 0.0377. The van der Waals surface area contributed by atoms with Crippen LogP contribution >= 0.6 is 31.9 Å². The van der Waals surface area contributed by atoms with E-state index in [2.05, 4.69) is 37.2 Å². The van der Waals surface area contributed by atoms with E-state index >= 15 is 0 Å². The van der Waals surface area contributed by atoms with Gasteiger partial charge in [-0.1, -0.05) is 0 Å². The number of nitrogens with two attached hydrogens (primary N) is 1. The summed E-state index contributed by atoms with van der Waals surface area (Å²) in [6, 6.07) is 2.42. The minimum Gasteiger partial charge on any atom is -0.459 e. The fourth-order valence-electron chi connectivity index (χ4n) is 1.21. The summed E-state index contributed by atoms with van der Waals surface area (Å²) in [6.07, 6.45) is -0.222.